The summed E-state index contributed by atoms with van der Waals surface area (Å²) in [6.07, 6.45) is -0.343. The Bertz CT molecular complexity index is 103. The molecule has 0 spiro atoms. The summed E-state index contributed by atoms with van der Waals surface area (Å²) in [6, 6.07) is 0. The highest BCUT2D eigenvalue weighted by Crippen LogP contribution is 2.08. The van der Waals surface area contributed by atoms with Crippen molar-refractivity contribution in [2.75, 3.05) is 31.8 Å². The number of methoxy groups -OCH3 is 1. The van der Waals surface area contributed by atoms with E-state index in [0.29, 0.717) is 19.1 Å². The summed E-state index contributed by atoms with van der Waals surface area (Å²) in [5, 5.41) is 9.26. The zero-order valence-electron chi connectivity index (χ0n) is 7.82. The van der Waals surface area contributed by atoms with E-state index in [9.17, 15) is 5.11 Å². The van der Waals surface area contributed by atoms with Crippen molar-refractivity contribution in [3.63, 3.8) is 0 Å². The minimum Gasteiger partial charge on any atom is -0.390 e. The topological polar surface area (TPSA) is 55.5 Å². The Hall–Kier alpha value is 0.230. The summed E-state index contributed by atoms with van der Waals surface area (Å²) >= 11 is 1.72. The van der Waals surface area contributed by atoms with Gasteiger partial charge < -0.3 is 15.6 Å². The first-order valence-corrected chi connectivity index (χ1v) is 5.31. The molecule has 74 valence electrons. The number of ether oxygens (including phenoxy) is 1. The molecule has 0 aliphatic rings. The van der Waals surface area contributed by atoms with Gasteiger partial charge in [-0.2, -0.15) is 11.8 Å². The van der Waals surface area contributed by atoms with Crippen molar-refractivity contribution in [3.05, 3.63) is 0 Å². The molecule has 0 aliphatic carbocycles. The van der Waals surface area contributed by atoms with Gasteiger partial charge in [-0.15, -0.1) is 0 Å². The number of nitrogens with two attached hydrogens (primary N) is 1. The lowest BCUT2D eigenvalue weighted by molar-refractivity contribution is 0.0794. The maximum atomic E-state index is 9.26. The molecule has 0 saturated carbocycles. The lowest BCUT2D eigenvalue weighted by Crippen LogP contribution is -2.19. The van der Waals surface area contributed by atoms with Gasteiger partial charge in [0.15, 0.2) is 0 Å². The fourth-order valence-electron chi connectivity index (χ4n) is 0.714. The Morgan fingerprint density at radius 2 is 2.17 bits per heavy atom. The van der Waals surface area contributed by atoms with Gasteiger partial charge in [0, 0.05) is 12.9 Å². The van der Waals surface area contributed by atoms with E-state index >= 15 is 0 Å². The maximum Gasteiger partial charge on any atom is 0.0863 e. The smallest absolute Gasteiger partial charge is 0.0863 e. The standard InChI is InChI=1S/C8H19NO2S/c1-7(3-9)5-12-6-8(10)4-11-2/h7-8,10H,3-6,9H2,1-2H3. The molecule has 0 aromatic rings. The highest BCUT2D eigenvalue weighted by Gasteiger charge is 2.04. The third-order valence-electron chi connectivity index (χ3n) is 1.47. The van der Waals surface area contributed by atoms with Crippen LogP contribution in [-0.4, -0.2) is 43.0 Å². The van der Waals surface area contributed by atoms with Crippen LogP contribution in [0.25, 0.3) is 0 Å². The molecule has 2 atom stereocenters. The molecule has 12 heavy (non-hydrogen) atoms. The van der Waals surface area contributed by atoms with E-state index in [-0.39, 0.29) is 6.10 Å². The van der Waals surface area contributed by atoms with Crippen LogP contribution in [0, 0.1) is 5.92 Å². The van der Waals surface area contributed by atoms with Crippen molar-refractivity contribution in [3.8, 4) is 0 Å². The van der Waals surface area contributed by atoms with Crippen LogP contribution in [0.1, 0.15) is 6.92 Å². The fourth-order valence-corrected chi connectivity index (χ4v) is 1.76. The Balaban J connectivity index is 3.18. The second-order valence-corrected chi connectivity index (χ2v) is 4.06. The van der Waals surface area contributed by atoms with E-state index in [1.54, 1.807) is 18.9 Å². The largest absolute Gasteiger partial charge is 0.390 e. The summed E-state index contributed by atoms with van der Waals surface area (Å²) in [6.45, 7) is 3.24. The van der Waals surface area contributed by atoms with Gasteiger partial charge in [0.1, 0.15) is 0 Å². The van der Waals surface area contributed by atoms with Crippen LogP contribution < -0.4 is 5.73 Å². The van der Waals surface area contributed by atoms with Crippen molar-refractivity contribution in [2.45, 2.75) is 13.0 Å². The van der Waals surface area contributed by atoms with Crippen molar-refractivity contribution < 1.29 is 9.84 Å². The van der Waals surface area contributed by atoms with Gasteiger partial charge in [-0.3, -0.25) is 0 Å². The number of rotatable bonds is 7. The summed E-state index contributed by atoms with van der Waals surface area (Å²) in [7, 11) is 1.59. The van der Waals surface area contributed by atoms with Crippen molar-refractivity contribution in [1.29, 1.82) is 0 Å². The fraction of sp³-hybridized carbons (Fsp3) is 1.00. The lowest BCUT2D eigenvalue weighted by atomic mass is 10.2. The van der Waals surface area contributed by atoms with Crippen molar-refractivity contribution in [2.24, 2.45) is 11.7 Å². The Kier molecular flexibility index (Phi) is 8.01. The molecule has 0 aromatic heterocycles. The molecule has 0 aromatic carbocycles. The first-order chi connectivity index (χ1) is 5.70. The highest BCUT2D eigenvalue weighted by molar-refractivity contribution is 7.99. The molecular weight excluding hydrogens is 174 g/mol. The van der Waals surface area contributed by atoms with Gasteiger partial charge in [-0.1, -0.05) is 6.92 Å². The SMILES string of the molecule is COCC(O)CSCC(C)CN. The van der Waals surface area contributed by atoms with Crippen LogP contribution in [0.5, 0.6) is 0 Å². The number of hydrogen-bond donors (Lipinski definition) is 2. The zero-order valence-corrected chi connectivity index (χ0v) is 8.64. The Labute approximate surface area is 78.7 Å². The molecule has 3 N–H and O–H groups in total. The molecule has 0 heterocycles. The van der Waals surface area contributed by atoms with Crippen LogP contribution in [-0.2, 0) is 4.74 Å². The molecule has 0 amide bonds. The van der Waals surface area contributed by atoms with Gasteiger partial charge in [0.25, 0.3) is 0 Å². The number of aliphatic hydroxyl groups excluding tert-OH is 1. The van der Waals surface area contributed by atoms with E-state index in [4.69, 9.17) is 10.5 Å². The van der Waals surface area contributed by atoms with Gasteiger partial charge in [-0.25, -0.2) is 0 Å². The molecule has 0 rings (SSSR count). The molecule has 0 bridgehead atoms. The van der Waals surface area contributed by atoms with Crippen LogP contribution in [0.2, 0.25) is 0 Å². The minimum atomic E-state index is -0.343. The first-order valence-electron chi connectivity index (χ1n) is 4.15. The second kappa shape index (κ2) is 7.86. The predicted molar refractivity (Wildman–Crippen MR) is 53.4 cm³/mol. The third kappa shape index (κ3) is 6.91. The van der Waals surface area contributed by atoms with E-state index in [2.05, 4.69) is 6.92 Å². The van der Waals surface area contributed by atoms with Crippen LogP contribution in [0.15, 0.2) is 0 Å². The molecule has 0 aliphatic heterocycles. The average molecular weight is 193 g/mol. The average Bonchev–Trinajstić information content (AvgIpc) is 2.04. The second-order valence-electron chi connectivity index (χ2n) is 2.99. The predicted octanol–water partition coefficient (Wildman–Crippen LogP) is 0.322. The number of thioether (sulfide) groups is 1. The molecular formula is C8H19NO2S. The lowest BCUT2D eigenvalue weighted by Gasteiger charge is -2.11. The normalized spacial score (nSPS) is 16.0. The summed E-state index contributed by atoms with van der Waals surface area (Å²) in [4.78, 5) is 0. The number of aliphatic hydroxyl groups is 1. The van der Waals surface area contributed by atoms with Crippen LogP contribution in [0.4, 0.5) is 0 Å². The van der Waals surface area contributed by atoms with Crippen molar-refractivity contribution in [1.82, 2.24) is 0 Å². The van der Waals surface area contributed by atoms with E-state index < -0.39 is 0 Å². The van der Waals surface area contributed by atoms with Gasteiger partial charge in [0.05, 0.1) is 12.7 Å². The third-order valence-corrected chi connectivity index (χ3v) is 2.90. The van der Waals surface area contributed by atoms with E-state index in [0.717, 1.165) is 11.5 Å². The van der Waals surface area contributed by atoms with E-state index in [1.807, 2.05) is 0 Å². The van der Waals surface area contributed by atoms with Gasteiger partial charge >= 0.3 is 0 Å². The van der Waals surface area contributed by atoms with Gasteiger partial charge in [-0.05, 0) is 18.2 Å². The molecule has 0 saturated heterocycles. The maximum absolute atomic E-state index is 9.26. The highest BCUT2D eigenvalue weighted by atomic mass is 32.2. The van der Waals surface area contributed by atoms with Gasteiger partial charge in [0.2, 0.25) is 0 Å². The zero-order chi connectivity index (χ0) is 9.40. The first kappa shape index (κ1) is 12.2. The molecule has 4 heteroatoms. The molecule has 0 fully saturated rings. The minimum absolute atomic E-state index is 0.343. The van der Waals surface area contributed by atoms with Crippen LogP contribution >= 0.6 is 11.8 Å². The monoisotopic (exact) mass is 193 g/mol. The van der Waals surface area contributed by atoms with Crippen LogP contribution in [0.3, 0.4) is 0 Å². The summed E-state index contributed by atoms with van der Waals surface area (Å²) in [5.74, 6) is 2.28. The molecule has 2 unspecified atom stereocenters. The number of hydrogen-bond acceptors (Lipinski definition) is 4. The Morgan fingerprint density at radius 3 is 2.67 bits per heavy atom. The quantitative estimate of drug-likeness (QED) is 0.611. The Morgan fingerprint density at radius 1 is 1.50 bits per heavy atom. The van der Waals surface area contributed by atoms with Crippen molar-refractivity contribution >= 4 is 11.8 Å². The summed E-state index contributed by atoms with van der Waals surface area (Å²) in [5.41, 5.74) is 5.45. The van der Waals surface area contributed by atoms with E-state index in [1.165, 1.54) is 0 Å². The molecule has 3 nitrogen and oxygen atoms in total. The molecule has 0 radical (unpaired) electrons. The summed E-state index contributed by atoms with van der Waals surface area (Å²) < 4.78 is 4.80.